The van der Waals surface area contributed by atoms with E-state index in [1.54, 1.807) is 4.91 Å². The van der Waals surface area contributed by atoms with Gasteiger partial charge in [-0.05, 0) is 49.6 Å². The molecule has 0 radical (unpaired) electrons. The second kappa shape index (κ2) is 9.45. The molecule has 1 nitrogen and oxygen atoms in total. The SMILES string of the molecule is CCCC/C=C(/CCCC)[S+]1c2ccccc2Oc2ccccc21.F[P-](F)(F)(F)(F)F. The van der Waals surface area contributed by atoms with Gasteiger partial charge in [0.25, 0.3) is 0 Å². The van der Waals surface area contributed by atoms with E-state index in [2.05, 4.69) is 68.5 Å². The van der Waals surface area contributed by atoms with Crippen LogP contribution in [0.3, 0.4) is 0 Å². The quantitative estimate of drug-likeness (QED) is 0.164. The number of hydrogen-bond acceptors (Lipinski definition) is 1. The zero-order valence-corrected chi connectivity index (χ0v) is 19.2. The van der Waals surface area contributed by atoms with E-state index in [1.165, 1.54) is 48.3 Å². The summed E-state index contributed by atoms with van der Waals surface area (Å²) in [5.41, 5.74) is 0. The maximum absolute atomic E-state index is 10.7. The predicted molar refractivity (Wildman–Crippen MR) is 118 cm³/mol. The Morgan fingerprint density at radius 1 is 0.806 bits per heavy atom. The Kier molecular flexibility index (Phi) is 7.81. The van der Waals surface area contributed by atoms with Crippen molar-refractivity contribution in [1.29, 1.82) is 0 Å². The first-order valence-corrected chi connectivity index (χ1v) is 13.4. The van der Waals surface area contributed by atoms with Crippen LogP contribution < -0.4 is 4.74 Å². The van der Waals surface area contributed by atoms with Gasteiger partial charge < -0.3 is 4.74 Å². The Morgan fingerprint density at radius 2 is 1.26 bits per heavy atom. The van der Waals surface area contributed by atoms with E-state index in [0.717, 1.165) is 11.5 Å². The first-order valence-electron chi connectivity index (χ1n) is 10.2. The van der Waals surface area contributed by atoms with Crippen LogP contribution >= 0.6 is 7.81 Å². The summed E-state index contributed by atoms with van der Waals surface area (Å²) >= 11 is 0. The Labute approximate surface area is 182 Å². The standard InChI is InChI=1S/C22H27OS.F6P/c1-3-5-7-13-18(12-6-4-2)24-21-16-10-8-14-19(21)23-20-15-9-11-17-22(20)24;1-7(2,3,4,5)6/h8-11,13-17H,3-7,12H2,1-2H3;/q+1;-1/b18-13-;. The zero-order chi connectivity index (χ0) is 23.2. The molecule has 0 aromatic heterocycles. The summed E-state index contributed by atoms with van der Waals surface area (Å²) in [4.78, 5) is 4.28. The molecule has 174 valence electrons. The number of hydrogen-bond donors (Lipinski definition) is 0. The van der Waals surface area contributed by atoms with Crippen molar-refractivity contribution >= 4 is 18.7 Å². The molecule has 31 heavy (non-hydrogen) atoms. The molecule has 0 saturated carbocycles. The Morgan fingerprint density at radius 3 is 1.71 bits per heavy atom. The van der Waals surface area contributed by atoms with Crippen LogP contribution in [0.1, 0.15) is 52.4 Å². The van der Waals surface area contributed by atoms with E-state index in [9.17, 15) is 25.2 Å². The van der Waals surface area contributed by atoms with Crippen LogP contribution in [0.15, 0.2) is 69.3 Å². The van der Waals surface area contributed by atoms with Crippen molar-refractivity contribution in [3.05, 3.63) is 59.5 Å². The van der Waals surface area contributed by atoms with Crippen LogP contribution in [0.2, 0.25) is 0 Å². The molecule has 0 amide bonds. The van der Waals surface area contributed by atoms with Crippen molar-refractivity contribution in [2.75, 3.05) is 0 Å². The van der Waals surface area contributed by atoms with Gasteiger partial charge in [-0.1, -0.05) is 51.0 Å². The molecule has 1 aliphatic rings. The fourth-order valence-electron chi connectivity index (χ4n) is 3.03. The number of allylic oxidation sites excluding steroid dienone is 2. The van der Waals surface area contributed by atoms with E-state index in [1.807, 2.05) is 0 Å². The van der Waals surface area contributed by atoms with E-state index in [-0.39, 0.29) is 10.9 Å². The number of benzene rings is 2. The van der Waals surface area contributed by atoms with Crippen molar-refractivity contribution in [1.82, 2.24) is 0 Å². The summed E-state index contributed by atoms with van der Waals surface area (Å²) in [6, 6.07) is 17.1. The summed E-state index contributed by atoms with van der Waals surface area (Å²) in [7, 11) is -10.7. The molecule has 1 heterocycles. The normalized spacial score (nSPS) is 16.1. The molecule has 0 unspecified atom stereocenters. The molecule has 3 rings (SSSR count). The average molecular weight is 484 g/mol. The van der Waals surface area contributed by atoms with Gasteiger partial charge in [0.15, 0.2) is 11.5 Å². The average Bonchev–Trinajstić information content (AvgIpc) is 2.67. The third-order valence-electron chi connectivity index (χ3n) is 4.33. The van der Waals surface area contributed by atoms with Crippen LogP contribution in [0.25, 0.3) is 0 Å². The first-order chi connectivity index (χ1) is 14.3. The van der Waals surface area contributed by atoms with Crippen LogP contribution in [0.5, 0.6) is 11.5 Å². The van der Waals surface area contributed by atoms with Crippen LogP contribution in [0.4, 0.5) is 25.2 Å². The summed E-state index contributed by atoms with van der Waals surface area (Å²) in [5.74, 6) is 2.05. The van der Waals surface area contributed by atoms with Crippen molar-refractivity contribution in [2.45, 2.75) is 62.2 Å². The van der Waals surface area contributed by atoms with E-state index in [4.69, 9.17) is 4.74 Å². The van der Waals surface area contributed by atoms with Gasteiger partial charge in [0.1, 0.15) is 15.8 Å². The topological polar surface area (TPSA) is 9.23 Å². The van der Waals surface area contributed by atoms with Gasteiger partial charge in [0.05, 0.1) is 0 Å². The van der Waals surface area contributed by atoms with E-state index < -0.39 is 7.81 Å². The number of halogens is 6. The van der Waals surface area contributed by atoms with Gasteiger partial charge in [0.2, 0.25) is 9.79 Å². The van der Waals surface area contributed by atoms with Gasteiger partial charge in [-0.25, -0.2) is 0 Å². The predicted octanol–water partition coefficient (Wildman–Crippen LogP) is 10.5. The minimum absolute atomic E-state index is 0.00117. The number of unbranched alkanes of at least 4 members (excludes halogenated alkanes) is 3. The second-order valence-corrected chi connectivity index (χ2v) is 11.1. The molecule has 0 fully saturated rings. The fourth-order valence-corrected chi connectivity index (χ4v) is 5.52. The molecule has 2 aromatic carbocycles. The monoisotopic (exact) mass is 484 g/mol. The molecular weight excluding hydrogens is 457 g/mol. The molecule has 2 aromatic rings. The van der Waals surface area contributed by atoms with Gasteiger partial charge in [-0.15, -0.1) is 0 Å². The second-order valence-electron chi connectivity index (χ2n) is 7.18. The molecule has 0 saturated heterocycles. The Hall–Kier alpha value is -1.66. The van der Waals surface area contributed by atoms with E-state index in [0.29, 0.717) is 0 Å². The summed E-state index contributed by atoms with van der Waals surface area (Å²) in [6.45, 7) is 4.54. The first kappa shape index (κ1) is 25.6. The van der Waals surface area contributed by atoms with Gasteiger partial charge in [-0.2, -0.15) is 0 Å². The van der Waals surface area contributed by atoms with Crippen LogP contribution in [-0.2, 0) is 10.9 Å². The maximum atomic E-state index is 9.87. The number of ether oxygens (including phenoxy) is 1. The molecule has 0 N–H and O–H groups in total. The molecule has 9 heteroatoms. The third kappa shape index (κ3) is 9.56. The van der Waals surface area contributed by atoms with Crippen molar-refractivity contribution in [3.63, 3.8) is 0 Å². The number of rotatable bonds is 7. The Balaban J connectivity index is 0.000000423. The molecule has 0 atom stereocenters. The molecule has 0 aliphatic carbocycles. The van der Waals surface area contributed by atoms with Crippen LogP contribution in [0, 0.1) is 0 Å². The molecule has 1 aliphatic heterocycles. The summed E-state index contributed by atoms with van der Waals surface area (Å²) in [6.07, 6.45) is 9.90. The fraction of sp³-hybridized carbons (Fsp3) is 0.364. The van der Waals surface area contributed by atoms with Crippen LogP contribution in [-0.4, -0.2) is 0 Å². The summed E-state index contributed by atoms with van der Waals surface area (Å²) < 4.78 is 65.4. The van der Waals surface area contributed by atoms with Crippen molar-refractivity contribution in [3.8, 4) is 11.5 Å². The van der Waals surface area contributed by atoms with Gasteiger partial charge in [-0.3, -0.25) is 0 Å². The third-order valence-corrected chi connectivity index (χ3v) is 6.78. The Bertz CT molecular complexity index is 855. The van der Waals surface area contributed by atoms with Gasteiger partial charge >= 0.3 is 33.0 Å². The zero-order valence-electron chi connectivity index (χ0n) is 17.5. The van der Waals surface area contributed by atoms with Gasteiger partial charge in [0, 0.05) is 6.42 Å². The molecular formula is C22H27F6OPS. The molecule has 0 spiro atoms. The van der Waals surface area contributed by atoms with Crippen molar-refractivity contribution < 1.29 is 29.9 Å². The number of para-hydroxylation sites is 2. The van der Waals surface area contributed by atoms with Crippen molar-refractivity contribution in [2.24, 2.45) is 0 Å². The summed E-state index contributed by atoms with van der Waals surface area (Å²) in [5, 5.41) is 0. The number of fused-ring (bicyclic) bond motifs is 2. The molecule has 0 bridgehead atoms. The minimum atomic E-state index is -10.7. The van der Waals surface area contributed by atoms with E-state index >= 15 is 0 Å².